The molecular formula is C18H30N4O4. The lowest BCUT2D eigenvalue weighted by atomic mass is 9.95. The molecule has 0 unspecified atom stereocenters. The van der Waals surface area contributed by atoms with Crippen LogP contribution >= 0.6 is 0 Å². The van der Waals surface area contributed by atoms with E-state index in [0.29, 0.717) is 30.6 Å². The fourth-order valence-electron chi connectivity index (χ4n) is 2.89. The Morgan fingerprint density at radius 2 is 1.96 bits per heavy atom. The summed E-state index contributed by atoms with van der Waals surface area (Å²) >= 11 is 0. The van der Waals surface area contributed by atoms with Gasteiger partial charge in [-0.3, -0.25) is 9.59 Å². The number of carbonyl (C=O) groups is 2. The third-order valence-corrected chi connectivity index (χ3v) is 4.48. The normalized spacial score (nSPS) is 17.2. The van der Waals surface area contributed by atoms with Gasteiger partial charge in [-0.15, -0.1) is 0 Å². The number of nitrogens with zero attached hydrogens (tertiary/aromatic N) is 1. The molecule has 0 saturated heterocycles. The van der Waals surface area contributed by atoms with Gasteiger partial charge in [-0.2, -0.15) is 0 Å². The molecule has 2 saturated carbocycles. The van der Waals surface area contributed by atoms with Crippen molar-refractivity contribution in [2.45, 2.75) is 63.3 Å². The van der Waals surface area contributed by atoms with Gasteiger partial charge in [-0.25, -0.2) is 0 Å². The van der Waals surface area contributed by atoms with E-state index in [2.05, 4.69) is 15.8 Å². The van der Waals surface area contributed by atoms with E-state index in [1.165, 1.54) is 19.3 Å². The van der Waals surface area contributed by atoms with E-state index in [-0.39, 0.29) is 25.0 Å². The molecule has 0 bridgehead atoms. The fraction of sp³-hybridized carbons (Fsp3) is 0.722. The average molecular weight is 366 g/mol. The first kappa shape index (κ1) is 20.4. The Morgan fingerprint density at radius 3 is 2.58 bits per heavy atom. The van der Waals surface area contributed by atoms with E-state index < -0.39 is 0 Å². The first-order valence-electron chi connectivity index (χ1n) is 9.49. The highest BCUT2D eigenvalue weighted by atomic mass is 16.5. The van der Waals surface area contributed by atoms with Gasteiger partial charge >= 0.3 is 0 Å². The Bertz CT molecular complexity index is 565. The Hall–Kier alpha value is -1.93. The summed E-state index contributed by atoms with van der Waals surface area (Å²) in [5.74, 6) is 1.07. The first-order chi connectivity index (χ1) is 12.6. The van der Waals surface area contributed by atoms with Crippen molar-refractivity contribution in [1.82, 2.24) is 15.8 Å². The van der Waals surface area contributed by atoms with E-state index in [1.54, 1.807) is 6.07 Å². The van der Waals surface area contributed by atoms with Crippen LogP contribution in [0.15, 0.2) is 10.6 Å². The molecule has 1 heterocycles. The molecule has 26 heavy (non-hydrogen) atoms. The third-order valence-electron chi connectivity index (χ3n) is 4.48. The van der Waals surface area contributed by atoms with Crippen LogP contribution in [0.4, 0.5) is 0 Å². The van der Waals surface area contributed by atoms with Crippen LogP contribution in [0.2, 0.25) is 0 Å². The van der Waals surface area contributed by atoms with Crippen LogP contribution in [0.5, 0.6) is 0 Å². The summed E-state index contributed by atoms with van der Waals surface area (Å²) in [5, 5.41) is 17.7. The molecule has 1 aromatic rings. The number of hydrogen-bond donors (Lipinski definition) is 4. The Labute approximate surface area is 153 Å². The topological polar surface area (TPSA) is 130 Å². The first-order valence-corrected chi connectivity index (χ1v) is 9.49. The zero-order valence-corrected chi connectivity index (χ0v) is 15.2. The smallest absolute Gasteiger partial charge is 0.273 e. The lowest BCUT2D eigenvalue weighted by Crippen LogP contribution is -2.36. The van der Waals surface area contributed by atoms with E-state index >= 15 is 0 Å². The average Bonchev–Trinajstić information content (AvgIpc) is 3.38. The van der Waals surface area contributed by atoms with Gasteiger partial charge in [-0.05, 0) is 25.7 Å². The second-order valence-corrected chi connectivity index (χ2v) is 6.81. The minimum atomic E-state index is -0.297. The van der Waals surface area contributed by atoms with Crippen LogP contribution < -0.4 is 16.4 Å². The summed E-state index contributed by atoms with van der Waals surface area (Å²) in [6, 6.07) is 2.10. The standard InChI is InChI=1S/C9H12N2O3.C9H18N2O/c12-4-3-10-9(13)7-5-8(14-11-7)6-1-2-6;10-7-6-9(12)11-8-4-2-1-3-5-8/h5-6,12H,1-4H2,(H,10,13);8H,1-7,10H2,(H,11,12). The monoisotopic (exact) mass is 366 g/mol. The number of aliphatic hydroxyl groups excluding tert-OH is 1. The maximum absolute atomic E-state index is 11.3. The summed E-state index contributed by atoms with van der Waals surface area (Å²) in [6.07, 6.45) is 8.84. The highest BCUT2D eigenvalue weighted by Gasteiger charge is 2.28. The van der Waals surface area contributed by atoms with Gasteiger partial charge in [0.2, 0.25) is 5.91 Å². The molecule has 2 aliphatic rings. The summed E-state index contributed by atoms with van der Waals surface area (Å²) in [6.45, 7) is 0.627. The Balaban J connectivity index is 0.000000190. The second-order valence-electron chi connectivity index (χ2n) is 6.81. The van der Waals surface area contributed by atoms with E-state index in [9.17, 15) is 9.59 Å². The highest BCUT2D eigenvalue weighted by Crippen LogP contribution is 2.40. The number of nitrogens with one attached hydrogen (secondary N) is 2. The van der Waals surface area contributed by atoms with Gasteiger partial charge in [-0.1, -0.05) is 24.4 Å². The second kappa shape index (κ2) is 10.9. The molecule has 0 spiro atoms. The number of aromatic nitrogens is 1. The molecule has 0 aromatic carbocycles. The predicted octanol–water partition coefficient (Wildman–Crippen LogP) is 1.06. The molecule has 0 aliphatic heterocycles. The quantitative estimate of drug-likeness (QED) is 0.571. The molecular weight excluding hydrogens is 336 g/mol. The number of rotatable bonds is 7. The van der Waals surface area contributed by atoms with Gasteiger partial charge in [0.25, 0.3) is 5.91 Å². The molecule has 2 amide bonds. The number of nitrogens with two attached hydrogens (primary N) is 1. The van der Waals surface area contributed by atoms with Gasteiger partial charge < -0.3 is 26.0 Å². The van der Waals surface area contributed by atoms with Crippen LogP contribution in [0, 0.1) is 0 Å². The molecule has 8 nitrogen and oxygen atoms in total. The van der Waals surface area contributed by atoms with Crippen LogP contribution in [0.1, 0.15) is 73.5 Å². The summed E-state index contributed by atoms with van der Waals surface area (Å²) in [7, 11) is 0. The van der Waals surface area contributed by atoms with Gasteiger partial charge in [0.05, 0.1) is 6.61 Å². The van der Waals surface area contributed by atoms with E-state index in [4.69, 9.17) is 15.4 Å². The molecule has 0 atom stereocenters. The van der Waals surface area contributed by atoms with E-state index in [1.807, 2.05) is 0 Å². The largest absolute Gasteiger partial charge is 0.395 e. The van der Waals surface area contributed by atoms with Crippen molar-refractivity contribution in [2.75, 3.05) is 19.7 Å². The summed E-state index contributed by atoms with van der Waals surface area (Å²) in [4.78, 5) is 22.4. The zero-order chi connectivity index (χ0) is 18.8. The van der Waals surface area contributed by atoms with Crippen LogP contribution in [-0.4, -0.2) is 47.8 Å². The summed E-state index contributed by atoms with van der Waals surface area (Å²) < 4.78 is 5.02. The van der Waals surface area contributed by atoms with Crippen LogP contribution in [0.25, 0.3) is 0 Å². The van der Waals surface area contributed by atoms with Crippen molar-refractivity contribution in [1.29, 1.82) is 0 Å². The maximum atomic E-state index is 11.3. The van der Waals surface area contributed by atoms with Crippen molar-refractivity contribution in [3.63, 3.8) is 0 Å². The summed E-state index contributed by atoms with van der Waals surface area (Å²) in [5.41, 5.74) is 5.57. The van der Waals surface area contributed by atoms with Crippen molar-refractivity contribution in [3.8, 4) is 0 Å². The zero-order valence-electron chi connectivity index (χ0n) is 15.2. The van der Waals surface area contributed by atoms with Crippen molar-refractivity contribution in [2.24, 2.45) is 5.73 Å². The molecule has 2 fully saturated rings. The van der Waals surface area contributed by atoms with Gasteiger partial charge in [0.1, 0.15) is 5.76 Å². The molecule has 2 aliphatic carbocycles. The molecule has 0 radical (unpaired) electrons. The van der Waals surface area contributed by atoms with Crippen molar-refractivity contribution in [3.05, 3.63) is 17.5 Å². The van der Waals surface area contributed by atoms with Crippen molar-refractivity contribution < 1.29 is 19.2 Å². The maximum Gasteiger partial charge on any atom is 0.273 e. The molecule has 1 aromatic heterocycles. The van der Waals surface area contributed by atoms with E-state index in [0.717, 1.165) is 31.4 Å². The molecule has 5 N–H and O–H groups in total. The highest BCUT2D eigenvalue weighted by molar-refractivity contribution is 5.92. The Kier molecular flexibility index (Phi) is 8.57. The number of carbonyl (C=O) groups excluding carboxylic acids is 2. The lowest BCUT2D eigenvalue weighted by Gasteiger charge is -2.22. The predicted molar refractivity (Wildman–Crippen MR) is 96.6 cm³/mol. The molecule has 3 rings (SSSR count). The van der Waals surface area contributed by atoms with Crippen LogP contribution in [-0.2, 0) is 4.79 Å². The number of hydrogen-bond acceptors (Lipinski definition) is 6. The third kappa shape index (κ3) is 7.13. The molecule has 146 valence electrons. The SMILES string of the molecule is NCCC(=O)NC1CCCCC1.O=C(NCCO)c1cc(C2CC2)on1. The number of aliphatic hydroxyl groups is 1. The lowest BCUT2D eigenvalue weighted by molar-refractivity contribution is -0.121. The minimum Gasteiger partial charge on any atom is -0.395 e. The van der Waals surface area contributed by atoms with Crippen LogP contribution in [0.3, 0.4) is 0 Å². The fourth-order valence-corrected chi connectivity index (χ4v) is 2.89. The Morgan fingerprint density at radius 1 is 1.23 bits per heavy atom. The van der Waals surface area contributed by atoms with Crippen molar-refractivity contribution >= 4 is 11.8 Å². The van der Waals surface area contributed by atoms with Gasteiger partial charge in [0.15, 0.2) is 5.69 Å². The minimum absolute atomic E-state index is 0.0704. The van der Waals surface area contributed by atoms with Gasteiger partial charge in [0, 0.05) is 37.5 Å². The number of amides is 2. The molecule has 8 heteroatoms.